The van der Waals surface area contributed by atoms with Gasteiger partial charge in [0, 0.05) is 23.9 Å². The van der Waals surface area contributed by atoms with Gasteiger partial charge in [-0.1, -0.05) is 0 Å². The number of ether oxygens (including phenoxy) is 2. The van der Waals surface area contributed by atoms with E-state index in [0.29, 0.717) is 0 Å². The average Bonchev–Trinajstić information content (AvgIpc) is 2.41. The summed E-state index contributed by atoms with van der Waals surface area (Å²) in [5.41, 5.74) is 0.0952. The normalized spacial score (nSPS) is 20.2. The molecular weight excluding hydrogens is 274 g/mol. The van der Waals surface area contributed by atoms with Crippen LogP contribution in [0.15, 0.2) is 16.8 Å². The van der Waals surface area contributed by atoms with E-state index in [9.17, 15) is 19.2 Å². The number of rotatable bonds is 8. The Bertz CT molecular complexity index is 469. The van der Waals surface area contributed by atoms with E-state index >= 15 is 0 Å². The van der Waals surface area contributed by atoms with Gasteiger partial charge in [-0.05, 0) is 6.42 Å². The molecule has 1 heterocycles. The van der Waals surface area contributed by atoms with Crippen LogP contribution in [0.4, 0.5) is 0 Å². The lowest BCUT2D eigenvalue weighted by Gasteiger charge is -2.24. The molecule has 9 nitrogen and oxygen atoms in total. The first-order valence-corrected chi connectivity index (χ1v) is 5.37. The molecule has 20 heavy (non-hydrogen) atoms. The summed E-state index contributed by atoms with van der Waals surface area (Å²) in [6, 6.07) is 0. The van der Waals surface area contributed by atoms with Crippen LogP contribution in [0.5, 0.6) is 0 Å². The predicted octanol–water partition coefficient (Wildman–Crippen LogP) is -0.787. The highest BCUT2D eigenvalue weighted by Crippen LogP contribution is 2.24. The number of carboxylic acids is 2. The van der Waals surface area contributed by atoms with Gasteiger partial charge in [0.25, 0.3) is 12.9 Å². The van der Waals surface area contributed by atoms with Crippen molar-refractivity contribution < 1.29 is 38.9 Å². The first kappa shape index (κ1) is 15.3. The molecule has 0 aromatic carbocycles. The second kappa shape index (κ2) is 7.02. The Balaban J connectivity index is 2.89. The van der Waals surface area contributed by atoms with E-state index in [1.165, 1.54) is 12.4 Å². The molecule has 1 aliphatic rings. The third-order valence-electron chi connectivity index (χ3n) is 2.58. The number of carbonyl (C=O) groups excluding carboxylic acids is 2. The molecule has 1 aliphatic heterocycles. The zero-order chi connectivity index (χ0) is 15.1. The van der Waals surface area contributed by atoms with Crippen molar-refractivity contribution in [3.63, 3.8) is 0 Å². The van der Waals surface area contributed by atoms with Crippen LogP contribution in [0.3, 0.4) is 0 Å². The molecule has 3 unspecified atom stereocenters. The van der Waals surface area contributed by atoms with Gasteiger partial charge >= 0.3 is 11.9 Å². The molecule has 0 radical (unpaired) electrons. The standard InChI is InChI=1S/C11H11NO8/c13-4-19-8(10(15)16)6-1-7(3-12-2-6)9(11(17)18)20-5-14/h2-6,8-9H,1H2,(H,15,16)(H,17,18). The minimum atomic E-state index is -1.56. The van der Waals surface area contributed by atoms with E-state index in [1.54, 1.807) is 0 Å². The van der Waals surface area contributed by atoms with Gasteiger partial charge < -0.3 is 19.7 Å². The topological polar surface area (TPSA) is 140 Å². The molecule has 1 rings (SSSR count). The van der Waals surface area contributed by atoms with Crippen LogP contribution in [0, 0.1) is 5.92 Å². The molecule has 0 spiro atoms. The third kappa shape index (κ3) is 3.64. The van der Waals surface area contributed by atoms with E-state index in [0.717, 1.165) is 0 Å². The molecule has 0 saturated heterocycles. The van der Waals surface area contributed by atoms with Gasteiger partial charge in [0.2, 0.25) is 12.2 Å². The Morgan fingerprint density at radius 3 is 2.40 bits per heavy atom. The average molecular weight is 285 g/mol. The number of carboxylic acid groups (broad SMARTS) is 2. The van der Waals surface area contributed by atoms with Crippen LogP contribution < -0.4 is 0 Å². The zero-order valence-electron chi connectivity index (χ0n) is 10.0. The maximum atomic E-state index is 11.0. The Labute approximate surface area is 112 Å². The number of carbonyl (C=O) groups is 4. The second-order valence-electron chi connectivity index (χ2n) is 3.81. The number of aliphatic carboxylic acids is 2. The van der Waals surface area contributed by atoms with E-state index in [-0.39, 0.29) is 24.9 Å². The van der Waals surface area contributed by atoms with Crippen molar-refractivity contribution in [2.45, 2.75) is 18.6 Å². The van der Waals surface area contributed by atoms with Gasteiger partial charge in [0.15, 0.2) is 0 Å². The first-order chi connectivity index (χ1) is 9.51. The van der Waals surface area contributed by atoms with Crippen LogP contribution in [0.25, 0.3) is 0 Å². The molecule has 0 amide bonds. The molecule has 0 fully saturated rings. The van der Waals surface area contributed by atoms with Crippen LogP contribution in [-0.4, -0.2) is 53.5 Å². The summed E-state index contributed by atoms with van der Waals surface area (Å²) in [5.74, 6) is -3.66. The Hall–Kier alpha value is -2.71. The van der Waals surface area contributed by atoms with Crippen molar-refractivity contribution in [3.05, 3.63) is 11.8 Å². The van der Waals surface area contributed by atoms with Crippen LogP contribution >= 0.6 is 0 Å². The van der Waals surface area contributed by atoms with Crippen molar-refractivity contribution in [1.29, 1.82) is 0 Å². The van der Waals surface area contributed by atoms with E-state index in [2.05, 4.69) is 14.5 Å². The Morgan fingerprint density at radius 1 is 1.25 bits per heavy atom. The summed E-state index contributed by atoms with van der Waals surface area (Å²) >= 11 is 0. The molecule has 0 aliphatic carbocycles. The fourth-order valence-corrected chi connectivity index (χ4v) is 1.75. The van der Waals surface area contributed by atoms with Crippen LogP contribution in [-0.2, 0) is 28.7 Å². The number of hydrogen-bond acceptors (Lipinski definition) is 7. The molecule has 9 heteroatoms. The van der Waals surface area contributed by atoms with Crippen LogP contribution in [0.2, 0.25) is 0 Å². The smallest absolute Gasteiger partial charge is 0.349 e. The summed E-state index contributed by atoms with van der Waals surface area (Å²) in [5, 5.41) is 17.8. The highest BCUT2D eigenvalue weighted by molar-refractivity contribution is 5.82. The quantitative estimate of drug-likeness (QED) is 0.553. The Morgan fingerprint density at radius 2 is 1.90 bits per heavy atom. The summed E-state index contributed by atoms with van der Waals surface area (Å²) in [4.78, 5) is 46.2. The summed E-state index contributed by atoms with van der Waals surface area (Å²) in [7, 11) is 0. The molecule has 0 aromatic heterocycles. The number of nitrogens with zero attached hydrogens (tertiary/aromatic N) is 1. The highest BCUT2D eigenvalue weighted by Gasteiger charge is 2.34. The number of hydrogen-bond donors (Lipinski definition) is 2. The molecule has 0 bridgehead atoms. The van der Waals surface area contributed by atoms with Crippen molar-refractivity contribution in [2.24, 2.45) is 10.9 Å². The molecule has 0 aromatic rings. The SMILES string of the molecule is O=COC(C(=O)O)C1=CN=CC(C(OC=O)C(=O)O)C1. The first-order valence-electron chi connectivity index (χ1n) is 5.37. The third-order valence-corrected chi connectivity index (χ3v) is 2.58. The molecule has 2 N–H and O–H groups in total. The lowest BCUT2D eigenvalue weighted by atomic mass is 9.91. The lowest BCUT2D eigenvalue weighted by molar-refractivity contribution is -0.158. The minimum Gasteiger partial charge on any atom is -0.478 e. The zero-order valence-corrected chi connectivity index (χ0v) is 10.0. The fourth-order valence-electron chi connectivity index (χ4n) is 1.75. The largest absolute Gasteiger partial charge is 0.478 e. The van der Waals surface area contributed by atoms with E-state index in [4.69, 9.17) is 10.2 Å². The highest BCUT2D eigenvalue weighted by atomic mass is 16.6. The van der Waals surface area contributed by atoms with Crippen molar-refractivity contribution in [3.8, 4) is 0 Å². The maximum Gasteiger partial charge on any atom is 0.349 e. The van der Waals surface area contributed by atoms with E-state index < -0.39 is 30.1 Å². The van der Waals surface area contributed by atoms with Gasteiger partial charge in [-0.25, -0.2) is 9.59 Å². The predicted molar refractivity (Wildman–Crippen MR) is 61.8 cm³/mol. The van der Waals surface area contributed by atoms with Gasteiger partial charge in [-0.3, -0.25) is 14.6 Å². The monoisotopic (exact) mass is 285 g/mol. The van der Waals surface area contributed by atoms with Gasteiger partial charge in [-0.15, -0.1) is 0 Å². The molecular formula is C11H11NO8. The minimum absolute atomic E-state index is 0.0127. The Kier molecular flexibility index (Phi) is 5.39. The maximum absolute atomic E-state index is 11.0. The van der Waals surface area contributed by atoms with Gasteiger partial charge in [0.1, 0.15) is 0 Å². The van der Waals surface area contributed by atoms with Crippen molar-refractivity contribution >= 4 is 31.1 Å². The summed E-state index contributed by atoms with van der Waals surface area (Å²) < 4.78 is 8.85. The molecule has 3 atom stereocenters. The summed E-state index contributed by atoms with van der Waals surface area (Å²) in [6.45, 7) is -0.0369. The van der Waals surface area contributed by atoms with Crippen molar-refractivity contribution in [2.75, 3.05) is 0 Å². The van der Waals surface area contributed by atoms with Gasteiger partial charge in [-0.2, -0.15) is 0 Å². The molecule has 108 valence electrons. The van der Waals surface area contributed by atoms with E-state index in [1.807, 2.05) is 0 Å². The van der Waals surface area contributed by atoms with Crippen LogP contribution in [0.1, 0.15) is 6.42 Å². The molecule has 0 saturated carbocycles. The summed E-state index contributed by atoms with van der Waals surface area (Å²) in [6.07, 6.45) is -0.743. The van der Waals surface area contributed by atoms with Crippen molar-refractivity contribution in [1.82, 2.24) is 0 Å². The lowest BCUT2D eigenvalue weighted by Crippen LogP contribution is -2.36. The fraction of sp³-hybridized carbons (Fsp3) is 0.364. The number of aliphatic imine (C=N–C) groups is 1. The van der Waals surface area contributed by atoms with Gasteiger partial charge in [0.05, 0.1) is 0 Å². The second-order valence-corrected chi connectivity index (χ2v) is 3.81.